The van der Waals surface area contributed by atoms with Crippen molar-refractivity contribution in [3.8, 4) is 0 Å². The second kappa shape index (κ2) is 8.45. The van der Waals surface area contributed by atoms with E-state index < -0.39 is 29.4 Å². The Labute approximate surface area is 176 Å². The van der Waals surface area contributed by atoms with Gasteiger partial charge >= 0.3 is 6.09 Å². The molecule has 0 spiro atoms. The number of ether oxygens (including phenoxy) is 1. The number of benzene rings is 2. The lowest BCUT2D eigenvalue weighted by Crippen LogP contribution is -2.36. The smallest absolute Gasteiger partial charge is 0.408 e. The molecule has 29 heavy (non-hydrogen) atoms. The summed E-state index contributed by atoms with van der Waals surface area (Å²) >= 11 is 3.51. The second-order valence-electron chi connectivity index (χ2n) is 7.73. The quantitative estimate of drug-likeness (QED) is 0.510. The van der Waals surface area contributed by atoms with Crippen LogP contribution in [0, 0.1) is 11.6 Å². The van der Waals surface area contributed by atoms with E-state index in [-0.39, 0.29) is 6.42 Å². The van der Waals surface area contributed by atoms with Crippen LogP contribution in [-0.2, 0) is 11.2 Å². The van der Waals surface area contributed by atoms with Crippen molar-refractivity contribution in [2.75, 3.05) is 0 Å². The molecule has 0 aliphatic rings. The van der Waals surface area contributed by atoms with Crippen molar-refractivity contribution in [1.82, 2.24) is 10.3 Å². The molecule has 152 valence electrons. The van der Waals surface area contributed by atoms with Crippen LogP contribution in [-0.4, -0.2) is 16.7 Å². The van der Waals surface area contributed by atoms with Gasteiger partial charge in [-0.15, -0.1) is 0 Å². The first-order chi connectivity index (χ1) is 13.6. The molecule has 7 heteroatoms. The maximum atomic E-state index is 13.7. The summed E-state index contributed by atoms with van der Waals surface area (Å²) in [6, 6.07) is 12.1. The van der Waals surface area contributed by atoms with Gasteiger partial charge < -0.3 is 10.1 Å². The van der Waals surface area contributed by atoms with Crippen LogP contribution in [0.4, 0.5) is 13.6 Å². The van der Waals surface area contributed by atoms with Crippen LogP contribution in [0.25, 0.3) is 10.9 Å². The van der Waals surface area contributed by atoms with Crippen LogP contribution in [0.5, 0.6) is 0 Å². The van der Waals surface area contributed by atoms with Crippen LogP contribution in [0.2, 0.25) is 0 Å². The molecule has 0 bridgehead atoms. The molecule has 0 saturated heterocycles. The minimum atomic E-state index is -0.687. The highest BCUT2D eigenvalue weighted by Gasteiger charge is 2.24. The lowest BCUT2D eigenvalue weighted by atomic mass is 10.0. The molecule has 2 aromatic carbocycles. The standard InChI is InChI=1S/C22H21BrF2N2O2/c1-22(2,3)29-21(28)27-19(10-13-8-15(24)12-16(25)9-13)20-17(23)11-14-6-4-5-7-18(14)26-20/h4-9,11-12,19H,10H2,1-3H3,(H,27,28)/t19-/m1/s1. The Bertz CT molecular complexity index is 1030. The van der Waals surface area contributed by atoms with Gasteiger partial charge in [-0.1, -0.05) is 18.2 Å². The van der Waals surface area contributed by atoms with Crippen LogP contribution >= 0.6 is 15.9 Å². The van der Waals surface area contributed by atoms with Gasteiger partial charge in [-0.05, 0) is 73.0 Å². The van der Waals surface area contributed by atoms with Crippen molar-refractivity contribution in [3.63, 3.8) is 0 Å². The zero-order valence-corrected chi connectivity index (χ0v) is 17.9. The predicted molar refractivity (Wildman–Crippen MR) is 112 cm³/mol. The van der Waals surface area contributed by atoms with E-state index in [1.165, 1.54) is 12.1 Å². The van der Waals surface area contributed by atoms with Crippen molar-refractivity contribution in [3.05, 3.63) is 75.9 Å². The molecule has 1 heterocycles. The first kappa shape index (κ1) is 21.2. The number of pyridine rings is 1. The lowest BCUT2D eigenvalue weighted by molar-refractivity contribution is 0.0502. The molecule has 0 unspecified atom stereocenters. The zero-order chi connectivity index (χ0) is 21.2. The maximum Gasteiger partial charge on any atom is 0.408 e. The number of fused-ring (bicyclic) bond motifs is 1. The third kappa shape index (κ3) is 5.73. The topological polar surface area (TPSA) is 51.2 Å². The molecule has 0 aliphatic carbocycles. The number of halogens is 3. The first-order valence-electron chi connectivity index (χ1n) is 9.10. The molecule has 0 aliphatic heterocycles. The van der Waals surface area contributed by atoms with Crippen LogP contribution in [0.1, 0.15) is 38.1 Å². The Morgan fingerprint density at radius 2 is 1.79 bits per heavy atom. The number of carbonyl (C=O) groups excluding carboxylic acids is 1. The molecule has 3 aromatic rings. The molecule has 1 N–H and O–H groups in total. The van der Waals surface area contributed by atoms with E-state index in [1.54, 1.807) is 20.8 Å². The fourth-order valence-corrected chi connectivity index (χ4v) is 3.59. The second-order valence-corrected chi connectivity index (χ2v) is 8.58. The summed E-state index contributed by atoms with van der Waals surface area (Å²) in [4.78, 5) is 17.1. The molecule has 0 radical (unpaired) electrons. The highest BCUT2D eigenvalue weighted by Crippen LogP contribution is 2.29. The number of aromatic nitrogens is 1. The summed E-state index contributed by atoms with van der Waals surface area (Å²) in [5.74, 6) is -1.36. The average Bonchev–Trinajstić information content (AvgIpc) is 2.58. The minimum absolute atomic E-state index is 0.137. The zero-order valence-electron chi connectivity index (χ0n) is 16.3. The van der Waals surface area contributed by atoms with E-state index in [0.717, 1.165) is 17.0 Å². The molecule has 1 amide bonds. The van der Waals surface area contributed by atoms with Gasteiger partial charge in [-0.25, -0.2) is 18.6 Å². The van der Waals surface area contributed by atoms with Gasteiger partial charge in [0.25, 0.3) is 0 Å². The van der Waals surface area contributed by atoms with E-state index in [1.807, 2.05) is 30.3 Å². The van der Waals surface area contributed by atoms with E-state index in [4.69, 9.17) is 4.74 Å². The average molecular weight is 463 g/mol. The number of hydrogen-bond acceptors (Lipinski definition) is 3. The van der Waals surface area contributed by atoms with Crippen LogP contribution in [0.15, 0.2) is 53.0 Å². The normalized spacial score (nSPS) is 12.6. The third-order valence-corrected chi connectivity index (χ3v) is 4.72. The first-order valence-corrected chi connectivity index (χ1v) is 9.90. The molecule has 4 nitrogen and oxygen atoms in total. The number of nitrogens with one attached hydrogen (secondary N) is 1. The fourth-order valence-electron chi connectivity index (χ4n) is 2.98. The number of para-hydroxylation sites is 1. The summed E-state index contributed by atoms with van der Waals surface area (Å²) in [6.07, 6.45) is -0.501. The molecule has 0 saturated carbocycles. The van der Waals surface area contributed by atoms with Gasteiger partial charge in [0.2, 0.25) is 0 Å². The van der Waals surface area contributed by atoms with E-state index in [0.29, 0.717) is 15.7 Å². The summed E-state index contributed by atoms with van der Waals surface area (Å²) in [5.41, 5.74) is 0.991. The van der Waals surface area contributed by atoms with E-state index in [9.17, 15) is 13.6 Å². The van der Waals surface area contributed by atoms with Crippen molar-refractivity contribution in [1.29, 1.82) is 0 Å². The number of carbonyl (C=O) groups is 1. The number of alkyl carbamates (subject to hydrolysis) is 1. The van der Waals surface area contributed by atoms with Crippen molar-refractivity contribution < 1.29 is 18.3 Å². The highest BCUT2D eigenvalue weighted by atomic mass is 79.9. The predicted octanol–water partition coefficient (Wildman–Crippen LogP) is 6.08. The van der Waals surface area contributed by atoms with Crippen molar-refractivity contribution in [2.45, 2.75) is 38.8 Å². The van der Waals surface area contributed by atoms with E-state index >= 15 is 0 Å². The molecule has 1 aromatic heterocycles. The largest absolute Gasteiger partial charge is 0.444 e. The Morgan fingerprint density at radius 1 is 1.14 bits per heavy atom. The minimum Gasteiger partial charge on any atom is -0.444 e. The van der Waals surface area contributed by atoms with Crippen LogP contribution < -0.4 is 5.32 Å². The van der Waals surface area contributed by atoms with Gasteiger partial charge in [0.1, 0.15) is 17.2 Å². The van der Waals surface area contributed by atoms with Gasteiger partial charge in [-0.3, -0.25) is 0 Å². The van der Waals surface area contributed by atoms with Crippen molar-refractivity contribution in [2.24, 2.45) is 0 Å². The molecular weight excluding hydrogens is 442 g/mol. The van der Waals surface area contributed by atoms with Gasteiger partial charge in [0.05, 0.1) is 17.3 Å². The van der Waals surface area contributed by atoms with Gasteiger partial charge in [-0.2, -0.15) is 0 Å². The Kier molecular flexibility index (Phi) is 6.17. The summed E-state index contributed by atoms with van der Waals surface area (Å²) in [5, 5.41) is 3.71. The van der Waals surface area contributed by atoms with Gasteiger partial charge in [0, 0.05) is 15.9 Å². The maximum absolute atomic E-state index is 13.7. The van der Waals surface area contributed by atoms with Crippen LogP contribution in [0.3, 0.4) is 0 Å². The summed E-state index contributed by atoms with van der Waals surface area (Å²) in [7, 11) is 0. The van der Waals surface area contributed by atoms with E-state index in [2.05, 4.69) is 26.2 Å². The summed E-state index contributed by atoms with van der Waals surface area (Å²) < 4.78 is 33.4. The number of nitrogens with zero attached hydrogens (tertiary/aromatic N) is 1. The Morgan fingerprint density at radius 3 is 2.45 bits per heavy atom. The Balaban J connectivity index is 2.00. The third-order valence-electron chi connectivity index (χ3n) is 4.09. The number of hydrogen-bond donors (Lipinski definition) is 1. The highest BCUT2D eigenvalue weighted by molar-refractivity contribution is 9.10. The molecular formula is C22H21BrF2N2O2. The molecule has 3 rings (SSSR count). The van der Waals surface area contributed by atoms with Crippen molar-refractivity contribution >= 4 is 32.9 Å². The Hall–Kier alpha value is -2.54. The SMILES string of the molecule is CC(C)(C)OC(=O)N[C@H](Cc1cc(F)cc(F)c1)c1nc2ccccc2cc1Br. The monoisotopic (exact) mass is 462 g/mol. The van der Waals surface area contributed by atoms with Gasteiger partial charge in [0.15, 0.2) is 0 Å². The number of rotatable bonds is 4. The summed E-state index contributed by atoms with van der Waals surface area (Å²) in [6.45, 7) is 5.27. The lowest BCUT2D eigenvalue weighted by Gasteiger charge is -2.24. The molecule has 1 atom stereocenters. The molecule has 0 fully saturated rings. The number of amides is 1. The fraction of sp³-hybridized carbons (Fsp3) is 0.273.